The number of nitro groups is 1. The Morgan fingerprint density at radius 1 is 1.31 bits per heavy atom. The lowest BCUT2D eigenvalue weighted by Crippen LogP contribution is -2.37. The van der Waals surface area contributed by atoms with Gasteiger partial charge in [0.25, 0.3) is 11.2 Å². The van der Waals surface area contributed by atoms with E-state index in [1.54, 1.807) is 23.5 Å². The van der Waals surface area contributed by atoms with E-state index in [-0.39, 0.29) is 16.4 Å². The van der Waals surface area contributed by atoms with Crippen LogP contribution in [0.3, 0.4) is 0 Å². The molecule has 0 radical (unpaired) electrons. The first-order valence-electron chi connectivity index (χ1n) is 8.91. The molecule has 1 aliphatic carbocycles. The lowest BCUT2D eigenvalue weighted by atomic mass is 9.97. The number of benzene rings is 1. The van der Waals surface area contributed by atoms with E-state index in [4.69, 9.17) is 12.2 Å². The van der Waals surface area contributed by atoms with Gasteiger partial charge in [-0.05, 0) is 61.9 Å². The highest BCUT2D eigenvalue weighted by molar-refractivity contribution is 7.98. The van der Waals surface area contributed by atoms with Crippen LogP contribution >= 0.6 is 35.3 Å². The molecule has 0 amide bonds. The Morgan fingerprint density at radius 2 is 2.03 bits per heavy atom. The van der Waals surface area contributed by atoms with Crippen molar-refractivity contribution < 1.29 is 4.92 Å². The van der Waals surface area contributed by atoms with E-state index >= 15 is 0 Å². The molecule has 2 heterocycles. The van der Waals surface area contributed by atoms with Crippen LogP contribution < -0.4 is 16.3 Å². The number of nitrogens with one attached hydrogen (secondary N) is 2. The summed E-state index contributed by atoms with van der Waals surface area (Å²) in [5.74, 6) is 0. The van der Waals surface area contributed by atoms with E-state index in [0.29, 0.717) is 16.2 Å². The first-order valence-corrected chi connectivity index (χ1v) is 11.4. The third kappa shape index (κ3) is 3.85. The zero-order valence-electron chi connectivity index (χ0n) is 15.4. The highest BCUT2D eigenvalue weighted by Crippen LogP contribution is 2.34. The van der Waals surface area contributed by atoms with Gasteiger partial charge in [-0.25, -0.2) is 4.98 Å². The van der Waals surface area contributed by atoms with Crippen molar-refractivity contribution >= 4 is 62.0 Å². The topological polar surface area (TPSA) is 102 Å². The molecule has 0 saturated carbocycles. The average molecular weight is 448 g/mol. The zero-order chi connectivity index (χ0) is 20.5. The van der Waals surface area contributed by atoms with E-state index in [9.17, 15) is 14.9 Å². The van der Waals surface area contributed by atoms with Crippen molar-refractivity contribution in [3.63, 3.8) is 0 Å². The normalized spacial score (nSPS) is 13.1. The van der Waals surface area contributed by atoms with Crippen LogP contribution in [-0.4, -0.2) is 26.0 Å². The molecule has 8 nitrogen and oxygen atoms in total. The maximum Gasteiger partial charge on any atom is 0.282 e. The van der Waals surface area contributed by atoms with Crippen molar-refractivity contribution in [3.05, 3.63) is 55.2 Å². The molecule has 4 rings (SSSR count). The van der Waals surface area contributed by atoms with Crippen molar-refractivity contribution in [2.24, 2.45) is 0 Å². The number of rotatable bonds is 4. The van der Waals surface area contributed by atoms with Crippen molar-refractivity contribution in [1.82, 2.24) is 9.66 Å². The molecule has 3 aromatic rings. The summed E-state index contributed by atoms with van der Waals surface area (Å²) in [6.07, 6.45) is 5.97. The number of hydrogen-bond acceptors (Lipinski definition) is 7. The number of thioether (sulfide) groups is 1. The highest BCUT2D eigenvalue weighted by atomic mass is 32.2. The van der Waals surface area contributed by atoms with Crippen LogP contribution in [0.2, 0.25) is 0 Å². The van der Waals surface area contributed by atoms with E-state index in [1.165, 1.54) is 33.4 Å². The second kappa shape index (κ2) is 8.09. The lowest BCUT2D eigenvalue weighted by Gasteiger charge is -2.15. The molecule has 0 atom stereocenters. The maximum absolute atomic E-state index is 13.2. The zero-order valence-corrected chi connectivity index (χ0v) is 17.9. The molecule has 0 unspecified atom stereocenters. The Kier molecular flexibility index (Phi) is 5.52. The third-order valence-corrected chi connectivity index (χ3v) is 6.71. The number of thiocarbonyl (C=S) groups is 1. The van der Waals surface area contributed by atoms with Crippen molar-refractivity contribution in [3.8, 4) is 0 Å². The molecule has 1 aliphatic rings. The quantitative estimate of drug-likeness (QED) is 0.204. The van der Waals surface area contributed by atoms with Gasteiger partial charge in [-0.2, -0.15) is 4.68 Å². The van der Waals surface area contributed by atoms with E-state index in [2.05, 4.69) is 15.7 Å². The van der Waals surface area contributed by atoms with E-state index in [0.717, 1.165) is 36.1 Å². The van der Waals surface area contributed by atoms with Gasteiger partial charge in [0.1, 0.15) is 4.83 Å². The molecular weight excluding hydrogens is 430 g/mol. The fourth-order valence-electron chi connectivity index (χ4n) is 3.35. The number of thiophene rings is 1. The molecule has 150 valence electrons. The van der Waals surface area contributed by atoms with Gasteiger partial charge >= 0.3 is 0 Å². The Hall–Kier alpha value is -2.50. The molecule has 2 N–H and O–H groups in total. The fraction of sp³-hybridized carbons (Fsp3) is 0.278. The number of non-ortho nitro benzene ring substituents is 1. The minimum Gasteiger partial charge on any atom is -0.331 e. The van der Waals surface area contributed by atoms with Crippen molar-refractivity contribution in [2.45, 2.75) is 30.8 Å². The van der Waals surface area contributed by atoms with Gasteiger partial charge in [-0.3, -0.25) is 20.3 Å². The van der Waals surface area contributed by atoms with E-state index in [1.807, 2.05) is 6.26 Å². The summed E-state index contributed by atoms with van der Waals surface area (Å²) in [4.78, 5) is 30.2. The van der Waals surface area contributed by atoms with Crippen LogP contribution in [0.4, 0.5) is 11.4 Å². The minimum atomic E-state index is -0.465. The van der Waals surface area contributed by atoms with Gasteiger partial charge in [-0.1, -0.05) is 11.8 Å². The molecule has 1 aromatic carbocycles. The minimum absolute atomic E-state index is 0.00722. The summed E-state index contributed by atoms with van der Waals surface area (Å²) in [5, 5.41) is 15.1. The van der Waals surface area contributed by atoms with Gasteiger partial charge in [0, 0.05) is 22.7 Å². The summed E-state index contributed by atoms with van der Waals surface area (Å²) >= 11 is 8.31. The Bertz CT molecular complexity index is 1170. The van der Waals surface area contributed by atoms with Crippen LogP contribution in [0.15, 0.2) is 34.2 Å². The average Bonchev–Trinajstić information content (AvgIpc) is 3.08. The van der Waals surface area contributed by atoms with Gasteiger partial charge in [0.15, 0.2) is 10.3 Å². The molecule has 11 heteroatoms. The second-order valence-corrected chi connectivity index (χ2v) is 8.77. The van der Waals surface area contributed by atoms with Gasteiger partial charge < -0.3 is 5.32 Å². The number of aromatic nitrogens is 2. The standard InChI is InChI=1S/C18H17N5O3S3/c1-28-18-20-15-14(12-4-2-3-5-13(12)29-15)16(24)22(18)21-17(27)19-10-6-8-11(9-7-10)23(25)26/h6-9H,2-5H2,1H3,(H2,19,21,27). The van der Waals surface area contributed by atoms with Crippen LogP contribution in [0.5, 0.6) is 0 Å². The van der Waals surface area contributed by atoms with E-state index < -0.39 is 4.92 Å². The summed E-state index contributed by atoms with van der Waals surface area (Å²) in [6.45, 7) is 0. The molecule has 0 fully saturated rings. The number of nitrogens with zero attached hydrogens (tertiary/aromatic N) is 3. The highest BCUT2D eigenvalue weighted by Gasteiger charge is 2.22. The summed E-state index contributed by atoms with van der Waals surface area (Å²) in [7, 11) is 0. The van der Waals surface area contributed by atoms with Gasteiger partial charge in [0.2, 0.25) is 0 Å². The molecule has 2 aromatic heterocycles. The van der Waals surface area contributed by atoms with Crippen LogP contribution in [0.25, 0.3) is 10.2 Å². The fourth-order valence-corrected chi connectivity index (χ4v) is 5.36. The number of hydrogen-bond donors (Lipinski definition) is 2. The predicted octanol–water partition coefficient (Wildman–Crippen LogP) is 3.91. The first kappa shape index (κ1) is 19.8. The SMILES string of the molecule is CSc1nc2sc3c(c2c(=O)n1NC(=S)Nc1ccc([N+](=O)[O-])cc1)CCCC3. The Balaban J connectivity index is 1.64. The Labute approximate surface area is 179 Å². The Morgan fingerprint density at radius 3 is 2.72 bits per heavy atom. The third-order valence-electron chi connectivity index (χ3n) is 4.69. The van der Waals surface area contributed by atoms with Crippen molar-refractivity contribution in [2.75, 3.05) is 17.0 Å². The van der Waals surface area contributed by atoms with Crippen molar-refractivity contribution in [1.29, 1.82) is 0 Å². The number of nitro benzene ring substituents is 1. The van der Waals surface area contributed by atoms with Crippen LogP contribution in [-0.2, 0) is 12.8 Å². The molecule has 0 aliphatic heterocycles. The van der Waals surface area contributed by atoms with Gasteiger partial charge in [0.05, 0.1) is 10.3 Å². The summed E-state index contributed by atoms with van der Waals surface area (Å²) < 4.78 is 1.37. The predicted molar refractivity (Wildman–Crippen MR) is 121 cm³/mol. The smallest absolute Gasteiger partial charge is 0.282 e. The first-order chi connectivity index (χ1) is 14.0. The number of anilines is 1. The largest absolute Gasteiger partial charge is 0.331 e. The van der Waals surface area contributed by atoms with Crippen LogP contribution in [0.1, 0.15) is 23.3 Å². The summed E-state index contributed by atoms with van der Waals surface area (Å²) in [6, 6.07) is 5.88. The molecule has 0 bridgehead atoms. The maximum atomic E-state index is 13.2. The molecular formula is C18H17N5O3S3. The molecule has 29 heavy (non-hydrogen) atoms. The number of fused-ring (bicyclic) bond motifs is 3. The molecule has 0 spiro atoms. The van der Waals surface area contributed by atoms with Gasteiger partial charge in [-0.15, -0.1) is 11.3 Å². The monoisotopic (exact) mass is 447 g/mol. The molecule has 0 saturated heterocycles. The lowest BCUT2D eigenvalue weighted by molar-refractivity contribution is -0.384. The summed E-state index contributed by atoms with van der Waals surface area (Å²) in [5.41, 5.74) is 4.44. The second-order valence-electron chi connectivity index (χ2n) is 6.50. The van der Waals surface area contributed by atoms with Crippen LogP contribution in [0, 0.1) is 10.1 Å². The number of aryl methyl sites for hydroxylation is 2.